The Morgan fingerprint density at radius 2 is 2.17 bits per heavy atom. The smallest absolute Gasteiger partial charge is 0.224 e. The summed E-state index contributed by atoms with van der Waals surface area (Å²) < 4.78 is 15.8. The van der Waals surface area contributed by atoms with Gasteiger partial charge in [-0.15, -0.1) is 11.3 Å². The van der Waals surface area contributed by atoms with E-state index in [4.69, 9.17) is 0 Å². The summed E-state index contributed by atoms with van der Waals surface area (Å²) in [6.45, 7) is 2.93. The van der Waals surface area contributed by atoms with Gasteiger partial charge in [-0.3, -0.25) is 14.3 Å². The molecule has 1 aromatic carbocycles. The van der Waals surface area contributed by atoms with Crippen molar-refractivity contribution in [3.63, 3.8) is 0 Å². The van der Waals surface area contributed by atoms with Gasteiger partial charge in [0.1, 0.15) is 5.82 Å². The molecule has 0 aliphatic carbocycles. The number of nitrogens with zero attached hydrogens (tertiary/aromatic N) is 3. The molecule has 1 N–H and O–H groups in total. The van der Waals surface area contributed by atoms with Crippen molar-refractivity contribution < 1.29 is 9.18 Å². The number of benzene rings is 1. The predicted molar refractivity (Wildman–Crippen MR) is 114 cm³/mol. The minimum Gasteiger partial charge on any atom is -0.324 e. The summed E-state index contributed by atoms with van der Waals surface area (Å²) in [5, 5.41) is 5.66. The maximum atomic E-state index is 13.7. The highest BCUT2D eigenvalue weighted by Gasteiger charge is 2.22. The van der Waals surface area contributed by atoms with Gasteiger partial charge in [0.2, 0.25) is 5.91 Å². The molecule has 0 radical (unpaired) electrons. The highest BCUT2D eigenvalue weighted by atomic mass is 32.1. The maximum Gasteiger partial charge on any atom is 0.224 e. The summed E-state index contributed by atoms with van der Waals surface area (Å²) in [5.74, 6) is -0.0313. The van der Waals surface area contributed by atoms with E-state index in [2.05, 4.69) is 38.1 Å². The Bertz CT molecular complexity index is 940. The van der Waals surface area contributed by atoms with E-state index in [9.17, 15) is 9.18 Å². The lowest BCUT2D eigenvalue weighted by molar-refractivity contribution is -0.116. The number of piperidine rings is 1. The molecule has 1 aliphatic rings. The van der Waals surface area contributed by atoms with Gasteiger partial charge in [0, 0.05) is 43.0 Å². The van der Waals surface area contributed by atoms with E-state index in [1.807, 2.05) is 11.6 Å². The van der Waals surface area contributed by atoms with Crippen LogP contribution in [0.1, 0.15) is 31.4 Å². The van der Waals surface area contributed by atoms with E-state index < -0.39 is 5.82 Å². The molecular formula is C22H25FN4OS. The first-order chi connectivity index (χ1) is 14.2. The van der Waals surface area contributed by atoms with Crippen LogP contribution in [0, 0.1) is 11.7 Å². The Morgan fingerprint density at radius 1 is 1.28 bits per heavy atom. The molecule has 3 heterocycles. The number of nitrogens with one attached hydrogen (secondary N) is 1. The zero-order valence-electron chi connectivity index (χ0n) is 16.3. The standard InChI is InChI=1S/C22H25FN4OS/c23-19-7-1-2-8-20(19)25-21(28)10-9-17-5-3-12-26(15-17)16-18-6-4-13-27(18)22-24-11-14-29-22/h1-2,4,6-8,11,13-14,17H,3,5,9-10,12,15-16H2,(H,25,28)/t17-/m0/s1. The summed E-state index contributed by atoms with van der Waals surface area (Å²) in [4.78, 5) is 19.1. The number of thiazole rings is 1. The summed E-state index contributed by atoms with van der Waals surface area (Å²) >= 11 is 1.63. The Labute approximate surface area is 174 Å². The number of carbonyl (C=O) groups is 1. The monoisotopic (exact) mass is 412 g/mol. The van der Waals surface area contributed by atoms with Crippen LogP contribution in [0.15, 0.2) is 54.2 Å². The molecule has 0 spiro atoms. The molecule has 1 amide bonds. The first-order valence-corrected chi connectivity index (χ1v) is 10.9. The number of likely N-dealkylation sites (tertiary alicyclic amines) is 1. The third-order valence-corrected chi connectivity index (χ3v) is 6.15. The number of anilines is 1. The van der Waals surface area contributed by atoms with Gasteiger partial charge < -0.3 is 5.32 Å². The number of carbonyl (C=O) groups excluding carboxylic acids is 1. The van der Waals surface area contributed by atoms with Gasteiger partial charge >= 0.3 is 0 Å². The zero-order valence-corrected chi connectivity index (χ0v) is 17.1. The fourth-order valence-electron chi connectivity index (χ4n) is 3.94. The number of hydrogen-bond donors (Lipinski definition) is 1. The van der Waals surface area contributed by atoms with Crippen LogP contribution in [0.5, 0.6) is 0 Å². The van der Waals surface area contributed by atoms with Gasteiger partial charge in [0.05, 0.1) is 5.69 Å². The van der Waals surface area contributed by atoms with Gasteiger partial charge in [-0.2, -0.15) is 0 Å². The van der Waals surface area contributed by atoms with Crippen molar-refractivity contribution in [2.45, 2.75) is 32.2 Å². The van der Waals surface area contributed by atoms with Crippen molar-refractivity contribution >= 4 is 22.9 Å². The molecule has 0 unspecified atom stereocenters. The Kier molecular flexibility index (Phi) is 6.36. The molecule has 1 aliphatic heterocycles. The fraction of sp³-hybridized carbons (Fsp3) is 0.364. The van der Waals surface area contributed by atoms with Crippen molar-refractivity contribution in [1.82, 2.24) is 14.5 Å². The second-order valence-corrected chi connectivity index (χ2v) is 8.37. The molecule has 1 saturated heterocycles. The summed E-state index contributed by atoms with van der Waals surface area (Å²) in [5.41, 5.74) is 1.49. The zero-order chi connectivity index (χ0) is 20.1. The molecule has 152 valence electrons. The second-order valence-electron chi connectivity index (χ2n) is 7.49. The number of aromatic nitrogens is 2. The van der Waals surface area contributed by atoms with Crippen LogP contribution in [0.4, 0.5) is 10.1 Å². The van der Waals surface area contributed by atoms with E-state index in [1.165, 1.54) is 11.8 Å². The molecule has 2 aromatic heterocycles. The van der Waals surface area contributed by atoms with Crippen LogP contribution in [0.25, 0.3) is 5.13 Å². The van der Waals surface area contributed by atoms with Crippen LogP contribution in [0.2, 0.25) is 0 Å². The normalized spacial score (nSPS) is 17.3. The van der Waals surface area contributed by atoms with Crippen molar-refractivity contribution in [3.8, 4) is 5.13 Å². The van der Waals surface area contributed by atoms with E-state index in [0.717, 1.165) is 44.0 Å². The van der Waals surface area contributed by atoms with E-state index >= 15 is 0 Å². The topological polar surface area (TPSA) is 50.2 Å². The van der Waals surface area contributed by atoms with Crippen molar-refractivity contribution in [2.24, 2.45) is 5.92 Å². The summed E-state index contributed by atoms with van der Waals surface area (Å²) in [6.07, 6.45) is 7.40. The minimum atomic E-state index is -0.395. The van der Waals surface area contributed by atoms with Crippen LogP contribution in [0.3, 0.4) is 0 Å². The minimum absolute atomic E-state index is 0.120. The molecule has 7 heteroatoms. The number of hydrogen-bond acceptors (Lipinski definition) is 4. The lowest BCUT2D eigenvalue weighted by atomic mass is 9.93. The van der Waals surface area contributed by atoms with Gasteiger partial charge in [-0.25, -0.2) is 9.37 Å². The number of halogens is 1. The lowest BCUT2D eigenvalue weighted by Gasteiger charge is -2.32. The Morgan fingerprint density at radius 3 is 3.00 bits per heavy atom. The molecule has 3 aromatic rings. The first kappa shape index (κ1) is 19.8. The Balaban J connectivity index is 1.28. The van der Waals surface area contributed by atoms with E-state index in [-0.39, 0.29) is 11.6 Å². The summed E-state index contributed by atoms with van der Waals surface area (Å²) in [7, 11) is 0. The van der Waals surface area contributed by atoms with Crippen LogP contribution >= 0.6 is 11.3 Å². The Hall–Kier alpha value is -2.51. The fourth-order valence-corrected chi connectivity index (χ4v) is 4.59. The number of amides is 1. The van der Waals surface area contributed by atoms with Gasteiger partial charge in [-0.05, 0) is 56.0 Å². The average Bonchev–Trinajstić information content (AvgIpc) is 3.40. The molecule has 0 bridgehead atoms. The number of para-hydroxylation sites is 1. The van der Waals surface area contributed by atoms with Crippen molar-refractivity contribution in [1.29, 1.82) is 0 Å². The predicted octanol–water partition coefficient (Wildman–Crippen LogP) is 4.70. The molecule has 5 nitrogen and oxygen atoms in total. The molecule has 0 saturated carbocycles. The molecule has 4 rings (SSSR count). The van der Waals surface area contributed by atoms with Crippen LogP contribution in [-0.4, -0.2) is 33.4 Å². The second kappa shape index (κ2) is 9.33. The van der Waals surface area contributed by atoms with Crippen molar-refractivity contribution in [2.75, 3.05) is 18.4 Å². The lowest BCUT2D eigenvalue weighted by Crippen LogP contribution is -2.35. The third kappa shape index (κ3) is 5.10. The molecular weight excluding hydrogens is 387 g/mol. The van der Waals surface area contributed by atoms with Crippen molar-refractivity contribution in [3.05, 3.63) is 65.7 Å². The van der Waals surface area contributed by atoms with Gasteiger partial charge in [0.25, 0.3) is 0 Å². The largest absolute Gasteiger partial charge is 0.324 e. The van der Waals surface area contributed by atoms with Crippen LogP contribution < -0.4 is 5.32 Å². The van der Waals surface area contributed by atoms with Gasteiger partial charge in [0.15, 0.2) is 5.13 Å². The third-order valence-electron chi connectivity index (χ3n) is 5.37. The highest BCUT2D eigenvalue weighted by molar-refractivity contribution is 7.12. The highest BCUT2D eigenvalue weighted by Crippen LogP contribution is 2.24. The van der Waals surface area contributed by atoms with Gasteiger partial charge in [-0.1, -0.05) is 12.1 Å². The first-order valence-electron chi connectivity index (χ1n) is 10.0. The molecule has 1 fully saturated rings. The number of rotatable bonds is 7. The van der Waals surface area contributed by atoms with Crippen LogP contribution in [-0.2, 0) is 11.3 Å². The SMILES string of the molecule is O=C(CC[C@@H]1CCCN(Cc2cccn2-c2nccs2)C1)Nc1ccccc1F. The average molecular weight is 413 g/mol. The molecule has 29 heavy (non-hydrogen) atoms. The van der Waals surface area contributed by atoms with E-state index in [0.29, 0.717) is 12.3 Å². The molecule has 1 atom stereocenters. The quantitative estimate of drug-likeness (QED) is 0.612. The maximum absolute atomic E-state index is 13.7. The summed E-state index contributed by atoms with van der Waals surface area (Å²) in [6, 6.07) is 10.5. The van der Waals surface area contributed by atoms with E-state index in [1.54, 1.807) is 29.5 Å².